The van der Waals surface area contributed by atoms with Crippen LogP contribution in [0.2, 0.25) is 0 Å². The van der Waals surface area contributed by atoms with E-state index in [2.05, 4.69) is 62.4 Å². The third kappa shape index (κ3) is 7.48. The number of hydrogen-bond donors (Lipinski definition) is 2. The van der Waals surface area contributed by atoms with Gasteiger partial charge in [0.2, 0.25) is 0 Å². The van der Waals surface area contributed by atoms with Crippen molar-refractivity contribution >= 4 is 76.6 Å². The van der Waals surface area contributed by atoms with Gasteiger partial charge < -0.3 is 10.6 Å². The van der Waals surface area contributed by atoms with Crippen molar-refractivity contribution in [2.45, 2.75) is 47.8 Å². The van der Waals surface area contributed by atoms with E-state index in [0.29, 0.717) is 33.5 Å². The standard InChI is InChI=1S/C17H15BrN4O3S.C17H15BrN4OS/c1-26(24,25)17-15-19-8-13(22(15)9-14(18)21-17)10-2-4-11(5-3-10)16(23)20-12-6-7-12;1-24-17-15-19-8-13(22(15)9-14(18)21-17)10-2-4-11(5-3-10)16(23)20-12-6-7-12/h2-5,8-9,12H,6-7H2,1H3,(H,20,23);2-5,8-9,12H,6-7H2,1H3,(H,20,23). The van der Waals surface area contributed by atoms with Crippen LogP contribution in [0.25, 0.3) is 33.8 Å². The Morgan fingerprint density at radius 1 is 0.740 bits per heavy atom. The molecule has 4 heterocycles. The summed E-state index contributed by atoms with van der Waals surface area (Å²) in [5, 5.41) is 6.74. The average Bonchev–Trinajstić information content (AvgIpc) is 4.01. The molecule has 2 N–H and O–H groups in total. The Morgan fingerprint density at radius 3 is 1.62 bits per heavy atom. The second kappa shape index (κ2) is 13.9. The fourth-order valence-electron chi connectivity index (χ4n) is 5.25. The first-order valence-corrected chi connectivity index (χ1v) is 20.3. The predicted octanol–water partition coefficient (Wildman–Crippen LogP) is 6.23. The summed E-state index contributed by atoms with van der Waals surface area (Å²) in [6.07, 6.45) is 14.3. The van der Waals surface area contributed by atoms with E-state index in [1.54, 1.807) is 40.7 Å². The van der Waals surface area contributed by atoms with Gasteiger partial charge in [-0.25, -0.2) is 28.4 Å². The van der Waals surface area contributed by atoms with Crippen LogP contribution in [0.15, 0.2) is 92.6 Å². The van der Waals surface area contributed by atoms with E-state index >= 15 is 0 Å². The Balaban J connectivity index is 0.000000157. The zero-order valence-corrected chi connectivity index (χ0v) is 31.6. The van der Waals surface area contributed by atoms with Gasteiger partial charge in [-0.2, -0.15) is 0 Å². The summed E-state index contributed by atoms with van der Waals surface area (Å²) in [4.78, 5) is 41.4. The van der Waals surface area contributed by atoms with Crippen molar-refractivity contribution in [1.29, 1.82) is 0 Å². The average molecular weight is 839 g/mol. The van der Waals surface area contributed by atoms with Crippen molar-refractivity contribution in [2.75, 3.05) is 12.5 Å². The molecular weight excluding hydrogens is 808 g/mol. The monoisotopic (exact) mass is 836 g/mol. The van der Waals surface area contributed by atoms with Gasteiger partial charge in [0.25, 0.3) is 11.8 Å². The van der Waals surface area contributed by atoms with Gasteiger partial charge in [0, 0.05) is 53.0 Å². The van der Waals surface area contributed by atoms with Crippen LogP contribution in [-0.2, 0) is 9.84 Å². The van der Waals surface area contributed by atoms with Crippen LogP contribution in [0.3, 0.4) is 0 Å². The van der Waals surface area contributed by atoms with Gasteiger partial charge in [-0.15, -0.1) is 11.8 Å². The third-order valence-corrected chi connectivity index (χ3v) is 10.5. The van der Waals surface area contributed by atoms with Crippen molar-refractivity contribution in [2.24, 2.45) is 0 Å². The number of thioether (sulfide) groups is 1. The highest BCUT2D eigenvalue weighted by atomic mass is 79.9. The van der Waals surface area contributed by atoms with Gasteiger partial charge in [-0.1, -0.05) is 24.3 Å². The van der Waals surface area contributed by atoms with E-state index in [0.717, 1.165) is 64.0 Å². The Hall–Kier alpha value is -4.12. The Labute approximate surface area is 308 Å². The summed E-state index contributed by atoms with van der Waals surface area (Å²) in [6.45, 7) is 0. The highest BCUT2D eigenvalue weighted by Crippen LogP contribution is 2.29. The fourth-order valence-corrected chi connectivity index (χ4v) is 7.52. The molecule has 0 bridgehead atoms. The van der Waals surface area contributed by atoms with Gasteiger partial charge in [-0.3, -0.25) is 18.4 Å². The van der Waals surface area contributed by atoms with Gasteiger partial charge in [0.1, 0.15) is 14.2 Å². The first-order chi connectivity index (χ1) is 24.0. The molecular formula is C34H30Br2N8O4S2. The Kier molecular flexibility index (Phi) is 9.54. The summed E-state index contributed by atoms with van der Waals surface area (Å²) < 4.78 is 28.8. The number of nitrogens with one attached hydrogen (secondary N) is 2. The minimum Gasteiger partial charge on any atom is -0.349 e. The smallest absolute Gasteiger partial charge is 0.251 e. The number of nitrogens with zero attached hydrogens (tertiary/aromatic N) is 6. The molecule has 2 fully saturated rings. The van der Waals surface area contributed by atoms with E-state index < -0.39 is 9.84 Å². The summed E-state index contributed by atoms with van der Waals surface area (Å²) in [5.41, 5.74) is 5.88. The summed E-state index contributed by atoms with van der Waals surface area (Å²) in [5.74, 6) is -0.0812. The number of fused-ring (bicyclic) bond motifs is 2. The van der Waals surface area contributed by atoms with Crippen LogP contribution < -0.4 is 10.6 Å². The maximum absolute atomic E-state index is 12.1. The normalized spacial score (nSPS) is 14.3. The third-order valence-electron chi connectivity index (χ3n) is 8.12. The van der Waals surface area contributed by atoms with E-state index in [-0.39, 0.29) is 22.5 Å². The van der Waals surface area contributed by atoms with Crippen molar-refractivity contribution in [3.63, 3.8) is 0 Å². The van der Waals surface area contributed by atoms with Crippen molar-refractivity contribution < 1.29 is 18.0 Å². The maximum Gasteiger partial charge on any atom is 0.251 e. The van der Waals surface area contributed by atoms with Crippen LogP contribution in [0.1, 0.15) is 46.4 Å². The van der Waals surface area contributed by atoms with Crippen LogP contribution in [-0.4, -0.2) is 73.6 Å². The number of aromatic nitrogens is 6. The number of hydrogen-bond acceptors (Lipinski definition) is 9. The molecule has 2 aromatic carbocycles. The molecule has 50 heavy (non-hydrogen) atoms. The number of sulfone groups is 1. The molecule has 4 aromatic heterocycles. The first-order valence-electron chi connectivity index (χ1n) is 15.6. The highest BCUT2D eigenvalue weighted by molar-refractivity contribution is 9.10. The zero-order chi connectivity index (χ0) is 35.2. The molecule has 0 aliphatic heterocycles. The van der Waals surface area contributed by atoms with Crippen molar-refractivity contribution in [3.05, 3.63) is 93.7 Å². The van der Waals surface area contributed by atoms with Gasteiger partial charge >= 0.3 is 0 Å². The summed E-state index contributed by atoms with van der Waals surface area (Å²) >= 11 is 8.26. The van der Waals surface area contributed by atoms with E-state index in [1.165, 1.54) is 0 Å². The highest BCUT2D eigenvalue weighted by Gasteiger charge is 2.25. The van der Waals surface area contributed by atoms with Crippen LogP contribution in [0.5, 0.6) is 0 Å². The summed E-state index contributed by atoms with van der Waals surface area (Å²) in [6, 6.07) is 15.4. The SMILES string of the molecule is CS(=O)(=O)c1nc(Br)cn2c(-c3ccc(C(=O)NC4CC4)cc3)cnc12.CSc1nc(Br)cn2c(-c3ccc(C(=O)NC4CC4)cc3)cnc12. The second-order valence-corrected chi connectivity index (χ2v) is 16.4. The first kappa shape index (κ1) is 34.3. The van der Waals surface area contributed by atoms with Gasteiger partial charge in [0.15, 0.2) is 26.2 Å². The molecule has 16 heteroatoms. The molecule has 2 amide bonds. The van der Waals surface area contributed by atoms with Gasteiger partial charge in [0.05, 0.1) is 23.8 Å². The molecule has 0 unspecified atom stereocenters. The minimum atomic E-state index is -3.52. The predicted molar refractivity (Wildman–Crippen MR) is 198 cm³/mol. The fraction of sp³-hybridized carbons (Fsp3) is 0.235. The molecule has 256 valence electrons. The molecule has 12 nitrogen and oxygen atoms in total. The Morgan fingerprint density at radius 2 is 1.18 bits per heavy atom. The Bertz CT molecular complexity index is 2370. The van der Waals surface area contributed by atoms with Crippen molar-refractivity contribution in [3.8, 4) is 22.5 Å². The molecule has 6 aromatic rings. The van der Waals surface area contributed by atoms with Crippen LogP contribution in [0, 0.1) is 0 Å². The lowest BCUT2D eigenvalue weighted by molar-refractivity contribution is 0.0942. The molecule has 0 spiro atoms. The molecule has 8 rings (SSSR count). The molecule has 2 aliphatic carbocycles. The molecule has 0 saturated heterocycles. The quantitative estimate of drug-likeness (QED) is 0.170. The van der Waals surface area contributed by atoms with E-state index in [1.807, 2.05) is 59.4 Å². The van der Waals surface area contributed by atoms with Crippen LogP contribution in [0.4, 0.5) is 0 Å². The van der Waals surface area contributed by atoms with E-state index in [9.17, 15) is 18.0 Å². The number of imidazole rings is 2. The number of carbonyl (C=O) groups is 2. The van der Waals surface area contributed by atoms with Crippen molar-refractivity contribution in [1.82, 2.24) is 39.4 Å². The lowest BCUT2D eigenvalue weighted by Gasteiger charge is -2.07. The van der Waals surface area contributed by atoms with E-state index in [4.69, 9.17) is 0 Å². The molecule has 2 aliphatic rings. The van der Waals surface area contributed by atoms with Gasteiger partial charge in [-0.05, 0) is 88.1 Å². The topological polar surface area (TPSA) is 153 Å². The number of benzene rings is 2. The number of amides is 2. The molecule has 0 radical (unpaired) electrons. The number of rotatable bonds is 8. The maximum atomic E-state index is 12.1. The zero-order valence-electron chi connectivity index (χ0n) is 26.8. The molecule has 0 atom stereocenters. The lowest BCUT2D eigenvalue weighted by atomic mass is 10.1. The second-order valence-electron chi connectivity index (χ2n) is 12.0. The minimum absolute atomic E-state index is 0.00111. The molecule has 2 saturated carbocycles. The lowest BCUT2D eigenvalue weighted by Crippen LogP contribution is -2.25. The largest absolute Gasteiger partial charge is 0.349 e. The number of carbonyl (C=O) groups excluding carboxylic acids is 2. The number of halogens is 2. The van der Waals surface area contributed by atoms with Crippen LogP contribution >= 0.6 is 43.6 Å². The summed E-state index contributed by atoms with van der Waals surface area (Å²) in [7, 11) is -3.52.